The molecule has 1 heterocycles. The Balaban J connectivity index is 1.81. The monoisotopic (exact) mass is 300 g/mol. The van der Waals surface area contributed by atoms with Gasteiger partial charge in [0.1, 0.15) is 12.4 Å². The van der Waals surface area contributed by atoms with Crippen molar-refractivity contribution in [3.63, 3.8) is 0 Å². The first-order valence-corrected chi connectivity index (χ1v) is 7.31. The average Bonchev–Trinajstić information content (AvgIpc) is 2.89. The van der Waals surface area contributed by atoms with E-state index in [1.807, 2.05) is 42.5 Å². The van der Waals surface area contributed by atoms with Crippen molar-refractivity contribution in [3.05, 3.63) is 64.8 Å². The molecule has 0 fully saturated rings. The van der Waals surface area contributed by atoms with Crippen molar-refractivity contribution in [1.82, 2.24) is 4.98 Å². The van der Waals surface area contributed by atoms with E-state index in [-0.39, 0.29) is 0 Å². The molecule has 3 aromatic rings. The lowest BCUT2D eigenvalue weighted by atomic mass is 10.1. The molecule has 3 nitrogen and oxygen atoms in total. The number of aromatic amines is 1. The maximum absolute atomic E-state index is 5.91. The third-order valence-electron chi connectivity index (χ3n) is 3.34. The van der Waals surface area contributed by atoms with Crippen LogP contribution in [0.15, 0.2) is 48.5 Å². The van der Waals surface area contributed by atoms with Crippen LogP contribution in [0.1, 0.15) is 11.3 Å². The summed E-state index contributed by atoms with van der Waals surface area (Å²) in [5.74, 6) is 0.852. The molecule has 0 aliphatic carbocycles. The molecule has 0 radical (unpaired) electrons. The molecule has 4 heteroatoms. The van der Waals surface area contributed by atoms with E-state index in [1.165, 1.54) is 11.3 Å². The number of halogens is 1. The van der Waals surface area contributed by atoms with E-state index < -0.39 is 0 Å². The van der Waals surface area contributed by atoms with Gasteiger partial charge in [-0.2, -0.15) is 0 Å². The highest BCUT2D eigenvalue weighted by Crippen LogP contribution is 2.23. The Morgan fingerprint density at radius 2 is 1.86 bits per heavy atom. The predicted molar refractivity (Wildman–Crippen MR) is 87.1 cm³/mol. The van der Waals surface area contributed by atoms with Gasteiger partial charge in [0, 0.05) is 34.6 Å². The van der Waals surface area contributed by atoms with Crippen LogP contribution in [-0.4, -0.2) is 18.1 Å². The standard InChI is InChI=1S/C17H17ClN2O/c18-14-3-1-12(2-4-14)9-15-10-13-11-16(21-8-7-19)5-6-17(13)20-15/h1-6,10-11,20H,7-9,19H2. The molecule has 1 aromatic heterocycles. The fourth-order valence-electron chi connectivity index (χ4n) is 2.35. The molecule has 3 N–H and O–H groups in total. The maximum atomic E-state index is 5.91. The summed E-state index contributed by atoms with van der Waals surface area (Å²) in [6.07, 6.45) is 0.852. The van der Waals surface area contributed by atoms with Gasteiger partial charge in [0.05, 0.1) is 0 Å². The molecular formula is C17H17ClN2O. The number of rotatable bonds is 5. The number of hydrogen-bond acceptors (Lipinski definition) is 2. The van der Waals surface area contributed by atoms with Crippen LogP contribution >= 0.6 is 11.6 Å². The Morgan fingerprint density at radius 1 is 1.05 bits per heavy atom. The number of benzene rings is 2. The van der Waals surface area contributed by atoms with Crippen molar-refractivity contribution in [2.24, 2.45) is 5.73 Å². The summed E-state index contributed by atoms with van der Waals surface area (Å²) in [7, 11) is 0. The molecule has 2 aromatic carbocycles. The fourth-order valence-corrected chi connectivity index (χ4v) is 2.48. The number of H-pyrrole nitrogens is 1. The summed E-state index contributed by atoms with van der Waals surface area (Å²) < 4.78 is 5.55. The van der Waals surface area contributed by atoms with Gasteiger partial charge in [-0.3, -0.25) is 0 Å². The van der Waals surface area contributed by atoms with E-state index in [9.17, 15) is 0 Å². The molecule has 0 spiro atoms. The van der Waals surface area contributed by atoms with Gasteiger partial charge < -0.3 is 15.5 Å². The van der Waals surface area contributed by atoms with Crippen LogP contribution in [0.4, 0.5) is 0 Å². The Labute approximate surface area is 128 Å². The molecule has 0 aliphatic rings. The lowest BCUT2D eigenvalue weighted by molar-refractivity contribution is 0.329. The van der Waals surface area contributed by atoms with Gasteiger partial charge in [0.15, 0.2) is 0 Å². The van der Waals surface area contributed by atoms with E-state index >= 15 is 0 Å². The van der Waals surface area contributed by atoms with Crippen molar-refractivity contribution < 1.29 is 4.74 Å². The topological polar surface area (TPSA) is 51.0 Å². The van der Waals surface area contributed by atoms with Crippen molar-refractivity contribution in [1.29, 1.82) is 0 Å². The molecule has 0 aliphatic heterocycles. The summed E-state index contributed by atoms with van der Waals surface area (Å²) in [4.78, 5) is 3.43. The summed E-state index contributed by atoms with van der Waals surface area (Å²) >= 11 is 5.91. The first kappa shape index (κ1) is 14.0. The van der Waals surface area contributed by atoms with Crippen LogP contribution in [0, 0.1) is 0 Å². The SMILES string of the molecule is NCCOc1ccc2[nH]c(Cc3ccc(Cl)cc3)cc2c1. The Bertz CT molecular complexity index is 734. The molecule has 0 amide bonds. The van der Waals surface area contributed by atoms with Crippen molar-refractivity contribution in [3.8, 4) is 5.75 Å². The van der Waals surface area contributed by atoms with Gasteiger partial charge in [-0.05, 0) is 42.0 Å². The minimum Gasteiger partial charge on any atom is -0.492 e. The molecule has 3 rings (SSSR count). The zero-order valence-electron chi connectivity index (χ0n) is 11.6. The Morgan fingerprint density at radius 3 is 2.62 bits per heavy atom. The van der Waals surface area contributed by atoms with E-state index in [4.69, 9.17) is 22.1 Å². The van der Waals surface area contributed by atoms with Crippen LogP contribution in [0.25, 0.3) is 10.9 Å². The smallest absolute Gasteiger partial charge is 0.120 e. The number of aromatic nitrogens is 1. The number of hydrogen-bond donors (Lipinski definition) is 2. The Kier molecular flexibility index (Phi) is 4.13. The normalized spacial score (nSPS) is 11.0. The minimum atomic E-state index is 0.521. The van der Waals surface area contributed by atoms with Gasteiger partial charge in [-0.25, -0.2) is 0 Å². The average molecular weight is 301 g/mol. The second-order valence-electron chi connectivity index (χ2n) is 4.98. The molecule has 108 valence electrons. The maximum Gasteiger partial charge on any atom is 0.120 e. The molecule has 0 saturated carbocycles. The highest BCUT2D eigenvalue weighted by Gasteiger charge is 2.04. The van der Waals surface area contributed by atoms with Crippen molar-refractivity contribution in [2.75, 3.05) is 13.2 Å². The number of nitrogens with one attached hydrogen (secondary N) is 1. The lowest BCUT2D eigenvalue weighted by Crippen LogP contribution is -2.10. The largest absolute Gasteiger partial charge is 0.492 e. The van der Waals surface area contributed by atoms with E-state index in [0.717, 1.165) is 28.1 Å². The minimum absolute atomic E-state index is 0.521. The first-order chi connectivity index (χ1) is 10.2. The summed E-state index contributed by atoms with van der Waals surface area (Å²) in [5.41, 5.74) is 8.96. The zero-order valence-corrected chi connectivity index (χ0v) is 12.4. The second-order valence-corrected chi connectivity index (χ2v) is 5.42. The second kappa shape index (κ2) is 6.20. The Hall–Kier alpha value is -1.97. The quantitative estimate of drug-likeness (QED) is 0.754. The van der Waals surface area contributed by atoms with Crippen LogP contribution in [0.3, 0.4) is 0 Å². The zero-order chi connectivity index (χ0) is 14.7. The molecular weight excluding hydrogens is 284 g/mol. The third kappa shape index (κ3) is 3.38. The number of fused-ring (bicyclic) bond motifs is 1. The van der Waals surface area contributed by atoms with Gasteiger partial charge in [0.25, 0.3) is 0 Å². The van der Waals surface area contributed by atoms with Crippen LogP contribution in [0.5, 0.6) is 5.75 Å². The summed E-state index contributed by atoms with van der Waals surface area (Å²) in [5, 5.41) is 1.91. The van der Waals surface area contributed by atoms with E-state index in [1.54, 1.807) is 0 Å². The molecule has 0 saturated heterocycles. The molecule has 0 unspecified atom stereocenters. The first-order valence-electron chi connectivity index (χ1n) is 6.93. The molecule has 0 bridgehead atoms. The highest BCUT2D eigenvalue weighted by atomic mass is 35.5. The fraction of sp³-hybridized carbons (Fsp3) is 0.176. The van der Waals surface area contributed by atoms with Crippen LogP contribution < -0.4 is 10.5 Å². The van der Waals surface area contributed by atoms with Gasteiger partial charge in [0.2, 0.25) is 0 Å². The van der Waals surface area contributed by atoms with E-state index in [2.05, 4.69) is 11.1 Å². The lowest BCUT2D eigenvalue weighted by Gasteiger charge is -2.03. The van der Waals surface area contributed by atoms with Crippen molar-refractivity contribution >= 4 is 22.5 Å². The van der Waals surface area contributed by atoms with Gasteiger partial charge >= 0.3 is 0 Å². The van der Waals surface area contributed by atoms with Gasteiger partial charge in [-0.15, -0.1) is 0 Å². The molecule has 21 heavy (non-hydrogen) atoms. The summed E-state index contributed by atoms with van der Waals surface area (Å²) in [6, 6.07) is 16.1. The molecule has 0 atom stereocenters. The number of nitrogens with two attached hydrogens (primary N) is 1. The predicted octanol–water partition coefficient (Wildman–Crippen LogP) is 3.75. The number of ether oxygens (including phenoxy) is 1. The van der Waals surface area contributed by atoms with Crippen molar-refractivity contribution in [2.45, 2.75) is 6.42 Å². The highest BCUT2D eigenvalue weighted by molar-refractivity contribution is 6.30. The third-order valence-corrected chi connectivity index (χ3v) is 3.59. The summed E-state index contributed by atoms with van der Waals surface area (Å²) in [6.45, 7) is 1.06. The van der Waals surface area contributed by atoms with E-state index in [0.29, 0.717) is 13.2 Å². The van der Waals surface area contributed by atoms with Gasteiger partial charge in [-0.1, -0.05) is 23.7 Å². The van der Waals surface area contributed by atoms with Crippen LogP contribution in [0.2, 0.25) is 5.02 Å². The van der Waals surface area contributed by atoms with Crippen LogP contribution in [-0.2, 0) is 6.42 Å².